The number of furan rings is 2. The van der Waals surface area contributed by atoms with Gasteiger partial charge in [-0.1, -0.05) is 6.07 Å². The van der Waals surface area contributed by atoms with Gasteiger partial charge in [0.05, 0.1) is 20.8 Å². The number of ether oxygens (including phenoxy) is 3. The van der Waals surface area contributed by atoms with Crippen molar-refractivity contribution in [2.75, 3.05) is 14.2 Å². The highest BCUT2D eigenvalue weighted by atomic mass is 127. The summed E-state index contributed by atoms with van der Waals surface area (Å²) in [5.41, 5.74) is 1.44. The van der Waals surface area contributed by atoms with E-state index < -0.39 is 11.9 Å². The second-order valence-corrected chi connectivity index (χ2v) is 7.52. The highest BCUT2D eigenvalue weighted by Crippen LogP contribution is 2.20. The average molecular weight is 542 g/mol. The van der Waals surface area contributed by atoms with Gasteiger partial charge in [-0.2, -0.15) is 0 Å². The lowest BCUT2D eigenvalue weighted by atomic mass is 10.2. The number of rotatable bonds is 6. The maximum atomic E-state index is 11.3. The molecule has 8 nitrogen and oxygen atoms in total. The molecule has 31 heavy (non-hydrogen) atoms. The molecule has 0 saturated carbocycles. The predicted molar refractivity (Wildman–Crippen MR) is 119 cm³/mol. The van der Waals surface area contributed by atoms with Crippen molar-refractivity contribution in [2.24, 2.45) is 0 Å². The summed E-state index contributed by atoms with van der Waals surface area (Å²) < 4.78 is 26.2. The van der Waals surface area contributed by atoms with Crippen molar-refractivity contribution in [3.05, 3.63) is 74.1 Å². The summed E-state index contributed by atoms with van der Waals surface area (Å²) in [6.45, 7) is 3.69. The van der Waals surface area contributed by atoms with Crippen LogP contribution in [0.4, 0.5) is 0 Å². The van der Waals surface area contributed by atoms with Crippen LogP contribution in [0.1, 0.15) is 43.8 Å². The van der Waals surface area contributed by atoms with Gasteiger partial charge >= 0.3 is 11.9 Å². The minimum Gasteiger partial charge on any atom is -0.489 e. The molecule has 0 spiro atoms. The molecule has 166 valence electrons. The molecular formula is C22H23IO8. The molecule has 0 aliphatic heterocycles. The van der Waals surface area contributed by atoms with Crippen molar-refractivity contribution in [1.82, 2.24) is 0 Å². The lowest BCUT2D eigenvalue weighted by Gasteiger charge is -2.05. The highest BCUT2D eigenvalue weighted by Gasteiger charge is 2.15. The van der Waals surface area contributed by atoms with Gasteiger partial charge in [-0.05, 0) is 66.8 Å². The van der Waals surface area contributed by atoms with E-state index in [1.807, 2.05) is 24.3 Å². The van der Waals surface area contributed by atoms with Crippen LogP contribution in [-0.2, 0) is 22.7 Å². The van der Waals surface area contributed by atoms with E-state index in [4.69, 9.17) is 18.7 Å². The Kier molecular flexibility index (Phi) is 9.13. The second-order valence-electron chi connectivity index (χ2n) is 6.27. The number of aliphatic hydroxyl groups is 1. The minimum absolute atomic E-state index is 0.124. The first-order valence-corrected chi connectivity index (χ1v) is 10.2. The fourth-order valence-corrected chi connectivity index (χ4v) is 2.97. The van der Waals surface area contributed by atoms with E-state index in [2.05, 4.69) is 32.1 Å². The lowest BCUT2D eigenvalue weighted by Crippen LogP contribution is -1.99. The zero-order chi connectivity index (χ0) is 23.0. The van der Waals surface area contributed by atoms with E-state index in [0.29, 0.717) is 23.7 Å². The van der Waals surface area contributed by atoms with Crippen molar-refractivity contribution in [2.45, 2.75) is 27.1 Å². The number of hydrogen-bond acceptors (Lipinski definition) is 8. The van der Waals surface area contributed by atoms with Crippen molar-refractivity contribution in [1.29, 1.82) is 0 Å². The number of carbonyl (C=O) groups excluding carboxylic acids is 2. The van der Waals surface area contributed by atoms with E-state index in [-0.39, 0.29) is 18.1 Å². The van der Waals surface area contributed by atoms with Crippen molar-refractivity contribution in [3.8, 4) is 5.75 Å². The molecule has 0 fully saturated rings. The molecule has 0 atom stereocenters. The van der Waals surface area contributed by atoms with E-state index in [0.717, 1.165) is 14.9 Å². The Morgan fingerprint density at radius 3 is 1.97 bits per heavy atom. The molecule has 0 aliphatic carbocycles. The highest BCUT2D eigenvalue weighted by molar-refractivity contribution is 14.1. The summed E-state index contributed by atoms with van der Waals surface area (Å²) in [7, 11) is 2.60. The molecule has 0 bridgehead atoms. The molecular weight excluding hydrogens is 519 g/mol. The summed E-state index contributed by atoms with van der Waals surface area (Å²) in [5.74, 6) is 1.29. The normalized spacial score (nSPS) is 10.1. The summed E-state index contributed by atoms with van der Waals surface area (Å²) in [5, 5.41) is 8.77. The van der Waals surface area contributed by atoms with Gasteiger partial charge < -0.3 is 28.2 Å². The zero-order valence-electron chi connectivity index (χ0n) is 17.6. The first kappa shape index (κ1) is 24.5. The number of halogens is 1. The van der Waals surface area contributed by atoms with Gasteiger partial charge in [-0.3, -0.25) is 0 Å². The number of benzene rings is 1. The maximum Gasteiger partial charge on any atom is 0.373 e. The van der Waals surface area contributed by atoms with Crippen LogP contribution in [0.15, 0.2) is 45.2 Å². The molecule has 0 saturated heterocycles. The quantitative estimate of drug-likeness (QED) is 0.360. The average Bonchev–Trinajstić information content (AvgIpc) is 3.33. The van der Waals surface area contributed by atoms with E-state index in [9.17, 15) is 9.59 Å². The third-order valence-electron chi connectivity index (χ3n) is 4.18. The van der Waals surface area contributed by atoms with Crippen LogP contribution in [0.25, 0.3) is 0 Å². The predicted octanol–water partition coefficient (Wildman–Crippen LogP) is 4.43. The maximum absolute atomic E-state index is 11.3. The molecule has 0 aliphatic rings. The van der Waals surface area contributed by atoms with Crippen LogP contribution in [-0.4, -0.2) is 31.3 Å². The van der Waals surface area contributed by atoms with Crippen LogP contribution in [0.2, 0.25) is 0 Å². The first-order valence-electron chi connectivity index (χ1n) is 9.13. The SMILES string of the molecule is COC(=O)c1cc(CO)c(C)o1.COC(=O)c1cc(COc2cccc(I)c2)c(C)o1. The van der Waals surface area contributed by atoms with Crippen LogP contribution < -0.4 is 4.74 Å². The molecule has 0 unspecified atom stereocenters. The molecule has 1 N–H and O–H groups in total. The Hall–Kier alpha value is -2.79. The summed E-state index contributed by atoms with van der Waals surface area (Å²) in [6.07, 6.45) is 0. The van der Waals surface area contributed by atoms with E-state index >= 15 is 0 Å². The smallest absolute Gasteiger partial charge is 0.373 e. The lowest BCUT2D eigenvalue weighted by molar-refractivity contribution is 0.0556. The van der Waals surface area contributed by atoms with Crippen molar-refractivity contribution < 1.29 is 37.7 Å². The number of aryl methyl sites for hydroxylation is 2. The molecule has 0 radical (unpaired) electrons. The van der Waals surface area contributed by atoms with Gasteiger partial charge in [0.25, 0.3) is 0 Å². The van der Waals surface area contributed by atoms with Gasteiger partial charge in [0.15, 0.2) is 0 Å². The molecule has 2 aromatic heterocycles. The monoisotopic (exact) mass is 542 g/mol. The molecule has 1 aromatic carbocycles. The van der Waals surface area contributed by atoms with Crippen LogP contribution >= 0.6 is 22.6 Å². The molecule has 0 amide bonds. The summed E-state index contributed by atoms with van der Waals surface area (Å²) >= 11 is 2.22. The topological polar surface area (TPSA) is 108 Å². The zero-order valence-corrected chi connectivity index (χ0v) is 19.7. The first-order chi connectivity index (χ1) is 14.8. The van der Waals surface area contributed by atoms with E-state index in [1.54, 1.807) is 19.9 Å². The largest absolute Gasteiger partial charge is 0.489 e. The Bertz CT molecular complexity index is 1030. The second kappa shape index (κ2) is 11.6. The molecule has 2 heterocycles. The number of carbonyl (C=O) groups is 2. The summed E-state index contributed by atoms with van der Waals surface area (Å²) in [4.78, 5) is 22.2. The van der Waals surface area contributed by atoms with Gasteiger partial charge in [-0.15, -0.1) is 0 Å². The number of methoxy groups -OCH3 is 2. The minimum atomic E-state index is -0.530. The van der Waals surface area contributed by atoms with Crippen molar-refractivity contribution >= 4 is 34.5 Å². The van der Waals surface area contributed by atoms with Gasteiger partial charge in [-0.25, -0.2) is 9.59 Å². The Morgan fingerprint density at radius 2 is 1.48 bits per heavy atom. The summed E-state index contributed by atoms with van der Waals surface area (Å²) in [6, 6.07) is 10.9. The van der Waals surface area contributed by atoms with Gasteiger partial charge in [0, 0.05) is 14.7 Å². The Morgan fingerprint density at radius 1 is 0.935 bits per heavy atom. The van der Waals surface area contributed by atoms with Gasteiger partial charge in [0.2, 0.25) is 11.5 Å². The Labute approximate surface area is 193 Å². The number of hydrogen-bond donors (Lipinski definition) is 1. The third kappa shape index (κ3) is 6.86. The molecule has 3 aromatic rings. The standard InChI is InChI=1S/C14H13IO4.C8H10O4/c1-9-10(6-13(19-9)14(16)17-2)8-18-12-5-3-4-11(15)7-12;1-5-6(4-9)3-7(12-5)8(10)11-2/h3-7H,8H2,1-2H3;3,9H,4H2,1-2H3. The van der Waals surface area contributed by atoms with Crippen molar-refractivity contribution in [3.63, 3.8) is 0 Å². The van der Waals surface area contributed by atoms with Crippen LogP contribution in [0.5, 0.6) is 5.75 Å². The van der Waals surface area contributed by atoms with Gasteiger partial charge in [0.1, 0.15) is 23.9 Å². The fourth-order valence-electron chi connectivity index (χ4n) is 2.46. The molecule has 9 heteroatoms. The fraction of sp³-hybridized carbons (Fsp3) is 0.273. The Balaban J connectivity index is 0.000000245. The van der Waals surface area contributed by atoms with E-state index in [1.165, 1.54) is 20.3 Å². The number of esters is 2. The van der Waals surface area contributed by atoms with Crippen LogP contribution in [0.3, 0.4) is 0 Å². The third-order valence-corrected chi connectivity index (χ3v) is 4.85. The van der Waals surface area contributed by atoms with Crippen LogP contribution in [0, 0.1) is 17.4 Å². The molecule has 3 rings (SSSR count). The number of aliphatic hydroxyl groups excluding tert-OH is 1.